The van der Waals surface area contributed by atoms with Crippen molar-refractivity contribution in [2.45, 2.75) is 12.8 Å². The highest BCUT2D eigenvalue weighted by atomic mass is 16.5. The maximum absolute atomic E-state index is 11.1. The summed E-state index contributed by atoms with van der Waals surface area (Å²) < 4.78 is 4.85. The van der Waals surface area contributed by atoms with Crippen LogP contribution in [-0.4, -0.2) is 43.4 Å². The number of ether oxygens (including phenoxy) is 1. The second-order valence-corrected chi connectivity index (χ2v) is 3.13. The van der Waals surface area contributed by atoms with E-state index in [1.54, 1.807) is 6.08 Å². The monoisotopic (exact) mass is 196 g/mol. The van der Waals surface area contributed by atoms with Crippen molar-refractivity contribution >= 4 is 12.3 Å². The standard InChI is InChI=1S/C10H16N2O2/c1-2-8-14-10(13)4-3-6-12-7-5-11-9-12/h2,9H,1,3-8H2. The summed E-state index contributed by atoms with van der Waals surface area (Å²) in [4.78, 5) is 17.2. The highest BCUT2D eigenvalue weighted by Gasteiger charge is 2.06. The van der Waals surface area contributed by atoms with E-state index in [4.69, 9.17) is 4.74 Å². The average Bonchev–Trinajstić information content (AvgIpc) is 2.67. The van der Waals surface area contributed by atoms with Gasteiger partial charge in [-0.05, 0) is 6.42 Å². The van der Waals surface area contributed by atoms with Crippen molar-refractivity contribution in [2.24, 2.45) is 4.99 Å². The first-order chi connectivity index (χ1) is 6.83. The van der Waals surface area contributed by atoms with Crippen molar-refractivity contribution in [1.29, 1.82) is 0 Å². The van der Waals surface area contributed by atoms with Crippen molar-refractivity contribution in [3.8, 4) is 0 Å². The number of nitrogens with zero attached hydrogens (tertiary/aromatic N) is 2. The Morgan fingerprint density at radius 3 is 3.21 bits per heavy atom. The van der Waals surface area contributed by atoms with Crippen molar-refractivity contribution in [1.82, 2.24) is 4.90 Å². The minimum Gasteiger partial charge on any atom is -0.461 e. The summed E-state index contributed by atoms with van der Waals surface area (Å²) in [5, 5.41) is 0. The van der Waals surface area contributed by atoms with Gasteiger partial charge in [-0.3, -0.25) is 9.79 Å². The third-order valence-electron chi connectivity index (χ3n) is 1.95. The molecule has 4 heteroatoms. The molecule has 0 N–H and O–H groups in total. The Morgan fingerprint density at radius 1 is 1.71 bits per heavy atom. The van der Waals surface area contributed by atoms with Crippen LogP contribution in [0.2, 0.25) is 0 Å². The first-order valence-electron chi connectivity index (χ1n) is 4.83. The van der Waals surface area contributed by atoms with Crippen LogP contribution in [0, 0.1) is 0 Å². The summed E-state index contributed by atoms with van der Waals surface area (Å²) >= 11 is 0. The molecule has 0 fully saturated rings. The van der Waals surface area contributed by atoms with Gasteiger partial charge >= 0.3 is 5.97 Å². The van der Waals surface area contributed by atoms with E-state index in [-0.39, 0.29) is 5.97 Å². The van der Waals surface area contributed by atoms with E-state index in [2.05, 4.69) is 16.5 Å². The van der Waals surface area contributed by atoms with Gasteiger partial charge in [-0.15, -0.1) is 0 Å². The number of carbonyl (C=O) groups excluding carboxylic acids is 1. The van der Waals surface area contributed by atoms with Gasteiger partial charge in [-0.25, -0.2) is 0 Å². The minimum atomic E-state index is -0.152. The molecular formula is C10H16N2O2. The van der Waals surface area contributed by atoms with Crippen LogP contribution in [0.25, 0.3) is 0 Å². The maximum atomic E-state index is 11.1. The molecule has 0 aromatic carbocycles. The molecule has 1 heterocycles. The highest BCUT2D eigenvalue weighted by Crippen LogP contribution is 1.99. The van der Waals surface area contributed by atoms with Gasteiger partial charge in [0.05, 0.1) is 12.9 Å². The molecule has 1 aliphatic rings. The third-order valence-corrected chi connectivity index (χ3v) is 1.95. The molecule has 0 atom stereocenters. The van der Waals surface area contributed by atoms with Crippen LogP contribution in [0.5, 0.6) is 0 Å². The Morgan fingerprint density at radius 2 is 2.57 bits per heavy atom. The summed E-state index contributed by atoms with van der Waals surface area (Å²) in [6.07, 6.45) is 4.71. The average molecular weight is 196 g/mol. The molecule has 0 aliphatic carbocycles. The van der Waals surface area contributed by atoms with Crippen molar-refractivity contribution in [3.05, 3.63) is 12.7 Å². The molecule has 0 aromatic rings. The van der Waals surface area contributed by atoms with Crippen molar-refractivity contribution in [3.63, 3.8) is 0 Å². The van der Waals surface area contributed by atoms with Crippen LogP contribution < -0.4 is 0 Å². The normalized spacial score (nSPS) is 14.4. The van der Waals surface area contributed by atoms with Gasteiger partial charge in [-0.1, -0.05) is 12.7 Å². The Hall–Kier alpha value is -1.32. The second-order valence-electron chi connectivity index (χ2n) is 3.13. The van der Waals surface area contributed by atoms with Crippen LogP contribution in [0.3, 0.4) is 0 Å². The van der Waals surface area contributed by atoms with Gasteiger partial charge in [0, 0.05) is 19.5 Å². The number of carbonyl (C=O) groups is 1. The van der Waals surface area contributed by atoms with E-state index < -0.39 is 0 Å². The maximum Gasteiger partial charge on any atom is 0.306 e. The van der Waals surface area contributed by atoms with E-state index in [0.717, 1.165) is 26.1 Å². The molecule has 0 unspecified atom stereocenters. The lowest BCUT2D eigenvalue weighted by molar-refractivity contribution is -0.142. The molecule has 78 valence electrons. The SMILES string of the molecule is C=CCOC(=O)CCCN1C=NCC1. The first-order valence-corrected chi connectivity index (χ1v) is 4.83. The molecule has 14 heavy (non-hydrogen) atoms. The second kappa shape index (κ2) is 6.18. The summed E-state index contributed by atoms with van der Waals surface area (Å²) in [6, 6.07) is 0. The number of rotatable bonds is 6. The zero-order chi connectivity index (χ0) is 10.2. The van der Waals surface area contributed by atoms with Crippen LogP contribution in [-0.2, 0) is 9.53 Å². The summed E-state index contributed by atoms with van der Waals surface area (Å²) in [5.41, 5.74) is 0. The molecule has 0 amide bonds. The zero-order valence-corrected chi connectivity index (χ0v) is 8.32. The quantitative estimate of drug-likeness (QED) is 0.467. The molecule has 0 radical (unpaired) electrons. The number of esters is 1. The lowest BCUT2D eigenvalue weighted by Gasteiger charge is -2.12. The Balaban J connectivity index is 1.99. The zero-order valence-electron chi connectivity index (χ0n) is 8.32. The largest absolute Gasteiger partial charge is 0.461 e. The molecule has 0 aromatic heterocycles. The van der Waals surface area contributed by atoms with Crippen molar-refractivity contribution in [2.75, 3.05) is 26.2 Å². The molecule has 4 nitrogen and oxygen atoms in total. The lowest BCUT2D eigenvalue weighted by Crippen LogP contribution is -2.21. The summed E-state index contributed by atoms with van der Waals surface area (Å²) in [5.74, 6) is -0.152. The topological polar surface area (TPSA) is 41.9 Å². The third kappa shape index (κ3) is 4.07. The molecule has 0 bridgehead atoms. The Labute approximate surface area is 84.3 Å². The van der Waals surface area contributed by atoms with E-state index in [1.165, 1.54) is 0 Å². The van der Waals surface area contributed by atoms with Crippen molar-refractivity contribution < 1.29 is 9.53 Å². The Kier molecular flexibility index (Phi) is 4.75. The van der Waals surface area contributed by atoms with Gasteiger partial charge in [0.25, 0.3) is 0 Å². The number of hydrogen-bond donors (Lipinski definition) is 0. The fraction of sp³-hybridized carbons (Fsp3) is 0.600. The van der Waals surface area contributed by atoms with Gasteiger partial charge in [0.15, 0.2) is 0 Å². The minimum absolute atomic E-state index is 0.152. The smallest absolute Gasteiger partial charge is 0.306 e. The van der Waals surface area contributed by atoms with Crippen LogP contribution in [0.15, 0.2) is 17.6 Å². The van der Waals surface area contributed by atoms with Gasteiger partial charge in [0.1, 0.15) is 6.61 Å². The highest BCUT2D eigenvalue weighted by molar-refractivity contribution is 5.69. The van der Waals surface area contributed by atoms with E-state index >= 15 is 0 Å². The van der Waals surface area contributed by atoms with E-state index in [1.807, 2.05) is 6.34 Å². The number of hydrogen-bond acceptors (Lipinski definition) is 4. The summed E-state index contributed by atoms with van der Waals surface area (Å²) in [7, 11) is 0. The van der Waals surface area contributed by atoms with Gasteiger partial charge in [0.2, 0.25) is 0 Å². The first kappa shape index (κ1) is 10.8. The molecular weight excluding hydrogens is 180 g/mol. The molecule has 1 rings (SSSR count). The van der Waals surface area contributed by atoms with E-state index in [0.29, 0.717) is 13.0 Å². The number of aliphatic imine (C=N–C) groups is 1. The summed E-state index contributed by atoms with van der Waals surface area (Å²) in [6.45, 7) is 6.51. The predicted molar refractivity (Wildman–Crippen MR) is 55.3 cm³/mol. The molecule has 1 aliphatic heterocycles. The van der Waals surface area contributed by atoms with Crippen LogP contribution >= 0.6 is 0 Å². The fourth-order valence-corrected chi connectivity index (χ4v) is 1.24. The van der Waals surface area contributed by atoms with Gasteiger partial charge < -0.3 is 9.64 Å². The van der Waals surface area contributed by atoms with Crippen LogP contribution in [0.1, 0.15) is 12.8 Å². The van der Waals surface area contributed by atoms with Gasteiger partial charge in [-0.2, -0.15) is 0 Å². The Bertz CT molecular complexity index is 226. The fourth-order valence-electron chi connectivity index (χ4n) is 1.24. The molecule has 0 spiro atoms. The van der Waals surface area contributed by atoms with E-state index in [9.17, 15) is 4.79 Å². The molecule has 0 saturated carbocycles. The molecule has 0 saturated heterocycles. The predicted octanol–water partition coefficient (Wildman–Crippen LogP) is 0.840. The lowest BCUT2D eigenvalue weighted by atomic mass is 10.3. The van der Waals surface area contributed by atoms with Crippen LogP contribution in [0.4, 0.5) is 0 Å².